The third-order valence-electron chi connectivity index (χ3n) is 3.52. The van der Waals surface area contributed by atoms with E-state index in [9.17, 15) is 9.90 Å². The molecule has 1 aromatic heterocycles. The van der Waals surface area contributed by atoms with Crippen molar-refractivity contribution < 1.29 is 9.90 Å². The Hall–Kier alpha value is -1.46. The summed E-state index contributed by atoms with van der Waals surface area (Å²) < 4.78 is 0. The zero-order valence-electron chi connectivity index (χ0n) is 10.8. The highest BCUT2D eigenvalue weighted by Gasteiger charge is 2.36. The van der Waals surface area contributed by atoms with Crippen molar-refractivity contribution in [3.8, 4) is 0 Å². The van der Waals surface area contributed by atoms with E-state index < -0.39 is 6.04 Å². The number of nitrogens with zero attached hydrogens (tertiary/aromatic N) is 3. The van der Waals surface area contributed by atoms with Gasteiger partial charge in [-0.05, 0) is 26.1 Å². The Morgan fingerprint density at radius 2 is 2.28 bits per heavy atom. The average Bonchev–Trinajstić information content (AvgIpc) is 2.38. The molecule has 2 rings (SSSR count). The molecule has 1 aromatic rings. The molecule has 0 aliphatic carbocycles. The van der Waals surface area contributed by atoms with Crippen molar-refractivity contribution in [3.63, 3.8) is 0 Å². The number of rotatable bonds is 3. The minimum atomic E-state index is -0.433. The van der Waals surface area contributed by atoms with E-state index >= 15 is 0 Å². The predicted molar refractivity (Wildman–Crippen MR) is 67.8 cm³/mol. The summed E-state index contributed by atoms with van der Waals surface area (Å²) in [5, 5.41) is 9.33. The van der Waals surface area contributed by atoms with E-state index in [-0.39, 0.29) is 18.6 Å². The second-order valence-electron chi connectivity index (χ2n) is 4.75. The van der Waals surface area contributed by atoms with Crippen LogP contribution in [0.15, 0.2) is 24.4 Å². The highest BCUT2D eigenvalue weighted by Crippen LogP contribution is 2.16. The maximum absolute atomic E-state index is 12.2. The molecule has 2 atom stereocenters. The average molecular weight is 249 g/mol. The predicted octanol–water partition coefficient (Wildman–Crippen LogP) is 0.105. The maximum Gasteiger partial charge on any atom is 0.242 e. The van der Waals surface area contributed by atoms with Gasteiger partial charge in [0.1, 0.15) is 6.04 Å². The lowest BCUT2D eigenvalue weighted by atomic mass is 10.1. The molecule has 2 unspecified atom stereocenters. The summed E-state index contributed by atoms with van der Waals surface area (Å²) in [4.78, 5) is 20.1. The van der Waals surface area contributed by atoms with Crippen LogP contribution in [0.3, 0.4) is 0 Å². The van der Waals surface area contributed by atoms with Crippen LogP contribution in [0, 0.1) is 0 Å². The third kappa shape index (κ3) is 2.52. The molecule has 18 heavy (non-hydrogen) atoms. The molecule has 0 saturated carbocycles. The second-order valence-corrected chi connectivity index (χ2v) is 4.75. The summed E-state index contributed by atoms with van der Waals surface area (Å²) >= 11 is 0. The lowest BCUT2D eigenvalue weighted by Crippen LogP contribution is -2.60. The first-order chi connectivity index (χ1) is 8.63. The van der Waals surface area contributed by atoms with Gasteiger partial charge >= 0.3 is 0 Å². The summed E-state index contributed by atoms with van der Waals surface area (Å²) in [5.74, 6) is -0.0243. The smallest absolute Gasteiger partial charge is 0.242 e. The first-order valence-corrected chi connectivity index (χ1v) is 6.15. The van der Waals surface area contributed by atoms with Crippen molar-refractivity contribution in [2.45, 2.75) is 25.6 Å². The molecule has 1 saturated heterocycles. The van der Waals surface area contributed by atoms with Crippen LogP contribution in [0.1, 0.15) is 12.6 Å². The van der Waals surface area contributed by atoms with Crippen molar-refractivity contribution >= 4 is 5.91 Å². The molecule has 0 aromatic carbocycles. The van der Waals surface area contributed by atoms with Crippen molar-refractivity contribution in [1.29, 1.82) is 0 Å². The van der Waals surface area contributed by atoms with Crippen molar-refractivity contribution in [2.24, 2.45) is 0 Å². The Kier molecular flexibility index (Phi) is 3.93. The molecule has 5 nitrogen and oxygen atoms in total. The number of aliphatic hydroxyl groups is 1. The molecular formula is C13H19N3O2. The summed E-state index contributed by atoms with van der Waals surface area (Å²) in [6.07, 6.45) is 1.73. The van der Waals surface area contributed by atoms with E-state index in [1.54, 1.807) is 11.1 Å². The van der Waals surface area contributed by atoms with Crippen LogP contribution in [-0.2, 0) is 11.3 Å². The number of aliphatic hydroxyl groups excluding tert-OH is 1. The number of likely N-dealkylation sites (N-methyl/N-ethyl adjacent to an activating group) is 1. The van der Waals surface area contributed by atoms with Gasteiger partial charge in [-0.3, -0.25) is 14.7 Å². The summed E-state index contributed by atoms with van der Waals surface area (Å²) in [7, 11) is 1.88. The molecule has 1 aliphatic heterocycles. The van der Waals surface area contributed by atoms with Crippen LogP contribution in [0.4, 0.5) is 0 Å². The van der Waals surface area contributed by atoms with E-state index in [1.165, 1.54) is 0 Å². The molecule has 0 spiro atoms. The first-order valence-electron chi connectivity index (χ1n) is 6.15. The second kappa shape index (κ2) is 5.46. The maximum atomic E-state index is 12.2. The molecule has 5 heteroatoms. The van der Waals surface area contributed by atoms with Gasteiger partial charge in [0.05, 0.1) is 18.8 Å². The number of carbonyl (C=O) groups excluding carboxylic acids is 1. The highest BCUT2D eigenvalue weighted by atomic mass is 16.3. The molecule has 2 heterocycles. The zero-order valence-corrected chi connectivity index (χ0v) is 10.8. The Labute approximate surface area is 107 Å². The van der Waals surface area contributed by atoms with E-state index in [2.05, 4.69) is 11.9 Å². The van der Waals surface area contributed by atoms with Gasteiger partial charge in [0.2, 0.25) is 5.91 Å². The fraction of sp³-hybridized carbons (Fsp3) is 0.538. The van der Waals surface area contributed by atoms with Gasteiger partial charge in [0, 0.05) is 18.8 Å². The summed E-state index contributed by atoms with van der Waals surface area (Å²) in [5.41, 5.74) is 0.874. The Bertz CT molecular complexity index is 410. The number of hydrogen-bond acceptors (Lipinski definition) is 4. The topological polar surface area (TPSA) is 56.7 Å². The van der Waals surface area contributed by atoms with Gasteiger partial charge in [0.15, 0.2) is 0 Å². The quantitative estimate of drug-likeness (QED) is 0.826. The van der Waals surface area contributed by atoms with Crippen LogP contribution in [0.2, 0.25) is 0 Å². The molecule has 98 valence electrons. The van der Waals surface area contributed by atoms with E-state index in [0.29, 0.717) is 13.1 Å². The molecule has 0 radical (unpaired) electrons. The van der Waals surface area contributed by atoms with Gasteiger partial charge in [0.25, 0.3) is 0 Å². The lowest BCUT2D eigenvalue weighted by molar-refractivity contribution is -0.146. The minimum absolute atomic E-state index is 0.0243. The number of aromatic nitrogens is 1. The Balaban J connectivity index is 2.11. The zero-order chi connectivity index (χ0) is 13.1. The lowest BCUT2D eigenvalue weighted by Gasteiger charge is -2.42. The molecule has 1 amide bonds. The standard InChI is InChI=1S/C13H19N3O2/c1-10-7-16(8-11-5-3-4-6-14-11)13(18)12(9-17)15(10)2/h3-6,10,12,17H,7-9H2,1-2H3. The summed E-state index contributed by atoms with van der Waals surface area (Å²) in [6, 6.07) is 5.48. The van der Waals surface area contributed by atoms with Crippen LogP contribution in [0.25, 0.3) is 0 Å². The largest absolute Gasteiger partial charge is 0.394 e. The van der Waals surface area contributed by atoms with Crippen molar-refractivity contribution in [1.82, 2.24) is 14.8 Å². The monoisotopic (exact) mass is 249 g/mol. The molecule has 1 N–H and O–H groups in total. The SMILES string of the molecule is CC1CN(Cc2ccccn2)C(=O)C(CO)N1C. The van der Waals surface area contributed by atoms with Gasteiger partial charge < -0.3 is 10.0 Å². The number of piperazine rings is 1. The fourth-order valence-corrected chi connectivity index (χ4v) is 2.27. The van der Waals surface area contributed by atoms with Crippen LogP contribution in [0.5, 0.6) is 0 Å². The minimum Gasteiger partial charge on any atom is -0.394 e. The van der Waals surface area contributed by atoms with Gasteiger partial charge in [-0.1, -0.05) is 6.07 Å². The van der Waals surface area contributed by atoms with E-state index in [0.717, 1.165) is 5.69 Å². The fourth-order valence-electron chi connectivity index (χ4n) is 2.27. The van der Waals surface area contributed by atoms with Crippen LogP contribution in [-0.4, -0.2) is 58.1 Å². The molecule has 1 fully saturated rings. The van der Waals surface area contributed by atoms with E-state index in [1.807, 2.05) is 30.1 Å². The number of pyridine rings is 1. The number of amides is 1. The molecule has 0 bridgehead atoms. The Morgan fingerprint density at radius 1 is 1.50 bits per heavy atom. The molecular weight excluding hydrogens is 230 g/mol. The molecule has 1 aliphatic rings. The van der Waals surface area contributed by atoms with E-state index in [4.69, 9.17) is 0 Å². The third-order valence-corrected chi connectivity index (χ3v) is 3.52. The van der Waals surface area contributed by atoms with Crippen molar-refractivity contribution in [3.05, 3.63) is 30.1 Å². The van der Waals surface area contributed by atoms with Crippen LogP contribution >= 0.6 is 0 Å². The normalized spacial score (nSPS) is 25.5. The first kappa shape index (κ1) is 13.0. The van der Waals surface area contributed by atoms with Gasteiger partial charge in [-0.2, -0.15) is 0 Å². The van der Waals surface area contributed by atoms with Gasteiger partial charge in [-0.15, -0.1) is 0 Å². The number of carbonyl (C=O) groups is 1. The van der Waals surface area contributed by atoms with Gasteiger partial charge in [-0.25, -0.2) is 0 Å². The number of hydrogen-bond donors (Lipinski definition) is 1. The highest BCUT2D eigenvalue weighted by molar-refractivity contribution is 5.82. The van der Waals surface area contributed by atoms with Crippen molar-refractivity contribution in [2.75, 3.05) is 20.2 Å². The Morgan fingerprint density at radius 3 is 2.89 bits per heavy atom. The van der Waals surface area contributed by atoms with Crippen LogP contribution < -0.4 is 0 Å². The summed E-state index contributed by atoms with van der Waals surface area (Å²) in [6.45, 7) is 3.09.